The number of rotatable bonds is 7. The molecule has 0 atom stereocenters. The first-order valence-corrected chi connectivity index (χ1v) is 10.5. The molecule has 2 aromatic carbocycles. The third kappa shape index (κ3) is 4.30. The summed E-state index contributed by atoms with van der Waals surface area (Å²) < 4.78 is 16.0. The number of carbonyl (C=O) groups excluding carboxylic acids is 1. The van der Waals surface area contributed by atoms with Gasteiger partial charge in [0.1, 0.15) is 6.29 Å². The van der Waals surface area contributed by atoms with Crippen molar-refractivity contribution in [2.24, 2.45) is 0 Å². The van der Waals surface area contributed by atoms with E-state index in [1.165, 1.54) is 6.07 Å². The maximum atomic E-state index is 14.2. The molecule has 162 valence electrons. The number of hydrogen-bond donors (Lipinski definition) is 0. The first-order valence-electron chi connectivity index (χ1n) is 10.5. The molecule has 0 spiro atoms. The van der Waals surface area contributed by atoms with E-state index in [4.69, 9.17) is 0 Å². The van der Waals surface area contributed by atoms with Gasteiger partial charge in [-0.3, -0.25) is 4.79 Å². The number of carbonyl (C=O) groups is 1. The summed E-state index contributed by atoms with van der Waals surface area (Å²) in [5, 5.41) is 4.26. The van der Waals surface area contributed by atoms with Crippen molar-refractivity contribution in [1.29, 1.82) is 0 Å². The normalized spacial score (nSPS) is 10.9. The fourth-order valence-electron chi connectivity index (χ4n) is 3.94. The Hall–Kier alpha value is -3.80. The van der Waals surface area contributed by atoms with Crippen molar-refractivity contribution in [3.8, 4) is 5.69 Å². The van der Waals surface area contributed by atoms with E-state index >= 15 is 0 Å². The minimum atomic E-state index is -0.382. The van der Waals surface area contributed by atoms with Gasteiger partial charge in [0.15, 0.2) is 11.6 Å². The molecular formula is C26H25FN4O. The van der Waals surface area contributed by atoms with Gasteiger partial charge in [-0.15, -0.1) is 0 Å². The zero-order valence-corrected chi connectivity index (χ0v) is 18.4. The number of benzene rings is 2. The van der Waals surface area contributed by atoms with Crippen molar-refractivity contribution in [1.82, 2.24) is 14.8 Å². The predicted molar refractivity (Wildman–Crippen MR) is 124 cm³/mol. The van der Waals surface area contributed by atoms with Crippen molar-refractivity contribution in [2.75, 3.05) is 11.9 Å². The molecule has 0 fully saturated rings. The largest absolute Gasteiger partial charge is 0.353 e. The van der Waals surface area contributed by atoms with E-state index in [9.17, 15) is 9.18 Å². The smallest absolute Gasteiger partial charge is 0.165 e. The van der Waals surface area contributed by atoms with Crippen LogP contribution in [0.3, 0.4) is 0 Å². The Morgan fingerprint density at radius 2 is 1.84 bits per heavy atom. The van der Waals surface area contributed by atoms with E-state index in [2.05, 4.69) is 29.1 Å². The van der Waals surface area contributed by atoms with Gasteiger partial charge in [-0.1, -0.05) is 12.1 Å². The van der Waals surface area contributed by atoms with Crippen molar-refractivity contribution in [3.05, 3.63) is 106 Å². The summed E-state index contributed by atoms with van der Waals surface area (Å²) in [7, 11) is 1.78. The molecule has 0 N–H and O–H groups in total. The summed E-state index contributed by atoms with van der Waals surface area (Å²) >= 11 is 0. The molecule has 32 heavy (non-hydrogen) atoms. The summed E-state index contributed by atoms with van der Waals surface area (Å²) in [5.41, 5.74) is 6.95. The van der Waals surface area contributed by atoms with E-state index in [1.54, 1.807) is 30.4 Å². The van der Waals surface area contributed by atoms with Crippen LogP contribution in [0, 0.1) is 19.7 Å². The maximum absolute atomic E-state index is 14.2. The third-order valence-electron chi connectivity index (χ3n) is 5.90. The van der Waals surface area contributed by atoms with Crippen LogP contribution < -0.4 is 4.90 Å². The Labute approximate surface area is 187 Å². The Balaban J connectivity index is 1.60. The minimum Gasteiger partial charge on any atom is -0.353 e. The first-order chi connectivity index (χ1) is 15.5. The van der Waals surface area contributed by atoms with Crippen LogP contribution >= 0.6 is 0 Å². The summed E-state index contributed by atoms with van der Waals surface area (Å²) in [4.78, 5) is 17.8. The Morgan fingerprint density at radius 1 is 1.06 bits per heavy atom. The average Bonchev–Trinajstić information content (AvgIpc) is 3.34. The number of nitrogens with zero attached hydrogens (tertiary/aromatic N) is 4. The highest BCUT2D eigenvalue weighted by Gasteiger charge is 2.17. The molecule has 4 aromatic rings. The fourth-order valence-corrected chi connectivity index (χ4v) is 3.94. The number of anilines is 1. The van der Waals surface area contributed by atoms with Gasteiger partial charge in [0, 0.05) is 37.7 Å². The van der Waals surface area contributed by atoms with Crippen molar-refractivity contribution >= 4 is 12.1 Å². The van der Waals surface area contributed by atoms with Crippen LogP contribution in [0.4, 0.5) is 10.2 Å². The van der Waals surface area contributed by atoms with Gasteiger partial charge in [-0.05, 0) is 84.5 Å². The molecule has 0 bridgehead atoms. The van der Waals surface area contributed by atoms with E-state index in [-0.39, 0.29) is 11.6 Å². The molecule has 2 aromatic heterocycles. The van der Waals surface area contributed by atoms with Gasteiger partial charge in [0.05, 0.1) is 5.69 Å². The molecular weight excluding hydrogens is 403 g/mol. The lowest BCUT2D eigenvalue weighted by atomic mass is 9.90. The third-order valence-corrected chi connectivity index (χ3v) is 5.90. The Kier molecular flexibility index (Phi) is 6.12. The molecule has 0 amide bonds. The SMILES string of the molecule is Cc1c(Cc2ccc(-n3cccn3)cc2)cc(C=O)c(CN(C)c2ncccc2F)c1C. The van der Waals surface area contributed by atoms with Gasteiger partial charge < -0.3 is 4.90 Å². The second kappa shape index (κ2) is 9.14. The summed E-state index contributed by atoms with van der Waals surface area (Å²) in [6.07, 6.45) is 6.83. The zero-order chi connectivity index (χ0) is 22.7. The lowest BCUT2D eigenvalue weighted by molar-refractivity contribution is 0.112. The lowest BCUT2D eigenvalue weighted by Crippen LogP contribution is -2.21. The molecule has 4 rings (SSSR count). The van der Waals surface area contributed by atoms with Crippen LogP contribution in [0.25, 0.3) is 5.69 Å². The van der Waals surface area contributed by atoms with E-state index in [0.29, 0.717) is 12.1 Å². The topological polar surface area (TPSA) is 51.0 Å². The zero-order valence-electron chi connectivity index (χ0n) is 18.4. The van der Waals surface area contributed by atoms with E-state index < -0.39 is 0 Å². The van der Waals surface area contributed by atoms with Gasteiger partial charge in [0.2, 0.25) is 0 Å². The van der Waals surface area contributed by atoms with Crippen molar-refractivity contribution < 1.29 is 9.18 Å². The number of aromatic nitrogens is 3. The van der Waals surface area contributed by atoms with Gasteiger partial charge in [0.25, 0.3) is 0 Å². The van der Waals surface area contributed by atoms with Gasteiger partial charge in [-0.2, -0.15) is 5.10 Å². The van der Waals surface area contributed by atoms with Crippen LogP contribution in [-0.4, -0.2) is 28.1 Å². The highest BCUT2D eigenvalue weighted by Crippen LogP contribution is 2.27. The molecule has 0 radical (unpaired) electrons. The van der Waals surface area contributed by atoms with E-state index in [0.717, 1.165) is 46.2 Å². The molecule has 5 nitrogen and oxygen atoms in total. The maximum Gasteiger partial charge on any atom is 0.165 e. The minimum absolute atomic E-state index is 0.266. The number of halogens is 1. The van der Waals surface area contributed by atoms with Crippen LogP contribution in [0.15, 0.2) is 67.1 Å². The quantitative estimate of drug-likeness (QED) is 0.386. The van der Waals surface area contributed by atoms with Gasteiger partial charge in [-0.25, -0.2) is 14.1 Å². The summed E-state index contributed by atoms with van der Waals surface area (Å²) in [6, 6.07) is 15.0. The molecule has 6 heteroatoms. The first kappa shape index (κ1) is 21.4. The molecule has 0 aliphatic rings. The highest BCUT2D eigenvalue weighted by atomic mass is 19.1. The average molecular weight is 429 g/mol. The second-order valence-corrected chi connectivity index (χ2v) is 7.93. The number of pyridine rings is 1. The highest BCUT2D eigenvalue weighted by molar-refractivity contribution is 5.79. The molecule has 0 saturated carbocycles. The monoisotopic (exact) mass is 428 g/mol. The molecule has 0 unspecified atom stereocenters. The lowest BCUT2D eigenvalue weighted by Gasteiger charge is -2.23. The standard InChI is InChI=1S/C26H25FN4O/c1-18-19(2)24(16-30(3)26-25(27)6-4-11-28-26)22(17-32)15-21(18)14-20-7-9-23(10-8-20)31-13-5-12-29-31/h4-13,15,17H,14,16H2,1-3H3. The second-order valence-electron chi connectivity index (χ2n) is 7.93. The van der Waals surface area contributed by atoms with Crippen LogP contribution in [0.2, 0.25) is 0 Å². The number of hydrogen-bond acceptors (Lipinski definition) is 4. The Morgan fingerprint density at radius 3 is 2.50 bits per heavy atom. The van der Waals surface area contributed by atoms with Crippen LogP contribution in [0.5, 0.6) is 0 Å². The van der Waals surface area contributed by atoms with E-state index in [1.807, 2.05) is 42.1 Å². The molecule has 0 aliphatic carbocycles. The summed E-state index contributed by atoms with van der Waals surface area (Å²) in [6.45, 7) is 4.49. The predicted octanol–water partition coefficient (Wildman–Crippen LogP) is 5.06. The fraction of sp³-hybridized carbons (Fsp3) is 0.192. The van der Waals surface area contributed by atoms with Crippen LogP contribution in [-0.2, 0) is 13.0 Å². The molecule has 0 aliphatic heterocycles. The Bertz CT molecular complexity index is 1230. The summed E-state index contributed by atoms with van der Waals surface area (Å²) in [5.74, 6) is -0.116. The van der Waals surface area contributed by atoms with Crippen molar-refractivity contribution in [2.45, 2.75) is 26.8 Å². The number of aldehydes is 1. The van der Waals surface area contributed by atoms with Gasteiger partial charge >= 0.3 is 0 Å². The van der Waals surface area contributed by atoms with Crippen LogP contribution in [0.1, 0.15) is 38.2 Å². The molecule has 0 saturated heterocycles. The molecule has 2 heterocycles. The van der Waals surface area contributed by atoms with Crippen molar-refractivity contribution in [3.63, 3.8) is 0 Å².